The van der Waals surface area contributed by atoms with E-state index in [9.17, 15) is 4.79 Å². The number of nitrogens with zero attached hydrogens (tertiary/aromatic N) is 3. The second kappa shape index (κ2) is 8.11. The molecule has 2 aliphatic rings. The number of carbonyl (C=O) groups excluding carboxylic acids is 1. The number of benzene rings is 2. The van der Waals surface area contributed by atoms with Gasteiger partial charge in [-0.25, -0.2) is 0 Å². The van der Waals surface area contributed by atoms with Crippen LogP contribution in [0.25, 0.3) is 0 Å². The Morgan fingerprint density at radius 2 is 1.62 bits per heavy atom. The summed E-state index contributed by atoms with van der Waals surface area (Å²) < 4.78 is 0. The third kappa shape index (κ3) is 3.71. The van der Waals surface area contributed by atoms with Crippen LogP contribution >= 0.6 is 12.4 Å². The number of amides is 1. The molecule has 138 valence electrons. The molecule has 0 bridgehead atoms. The summed E-state index contributed by atoms with van der Waals surface area (Å²) in [6, 6.07) is 19.1. The fourth-order valence-corrected chi connectivity index (χ4v) is 4.02. The number of hydrogen-bond donors (Lipinski definition) is 0. The third-order valence-corrected chi connectivity index (χ3v) is 5.33. The van der Waals surface area contributed by atoms with Crippen LogP contribution in [0.15, 0.2) is 54.6 Å². The van der Waals surface area contributed by atoms with Crippen molar-refractivity contribution in [1.29, 1.82) is 0 Å². The Morgan fingerprint density at radius 1 is 0.962 bits per heavy atom. The topological polar surface area (TPSA) is 26.8 Å². The number of rotatable bonds is 3. The lowest BCUT2D eigenvalue weighted by molar-refractivity contribution is -0.120. The molecular formula is C21H26ClN3O. The number of fused-ring (bicyclic) bond motifs is 1. The first-order valence-corrected chi connectivity index (χ1v) is 9.15. The van der Waals surface area contributed by atoms with Gasteiger partial charge in [0, 0.05) is 43.6 Å². The van der Waals surface area contributed by atoms with Crippen LogP contribution in [0.3, 0.4) is 0 Å². The molecule has 0 aliphatic carbocycles. The quantitative estimate of drug-likeness (QED) is 0.828. The average Bonchev–Trinajstić information content (AvgIpc) is 2.99. The average molecular weight is 372 g/mol. The molecule has 0 saturated carbocycles. The van der Waals surface area contributed by atoms with Crippen molar-refractivity contribution in [2.45, 2.75) is 19.4 Å². The Kier molecular flexibility index (Phi) is 5.84. The van der Waals surface area contributed by atoms with E-state index in [1.165, 1.54) is 11.3 Å². The highest BCUT2D eigenvalue weighted by molar-refractivity contribution is 5.97. The zero-order valence-corrected chi connectivity index (χ0v) is 16.0. The van der Waals surface area contributed by atoms with Crippen molar-refractivity contribution in [3.8, 4) is 0 Å². The fourth-order valence-electron chi connectivity index (χ4n) is 4.02. The highest BCUT2D eigenvalue weighted by atomic mass is 35.5. The van der Waals surface area contributed by atoms with E-state index in [4.69, 9.17) is 0 Å². The number of anilines is 2. The Labute approximate surface area is 161 Å². The van der Waals surface area contributed by atoms with Gasteiger partial charge in [-0.2, -0.15) is 0 Å². The second-order valence-electron chi connectivity index (χ2n) is 7.04. The van der Waals surface area contributed by atoms with E-state index < -0.39 is 0 Å². The number of carbonyl (C=O) groups is 1. The minimum atomic E-state index is 0. The second-order valence-corrected chi connectivity index (χ2v) is 7.04. The van der Waals surface area contributed by atoms with Crippen molar-refractivity contribution in [3.63, 3.8) is 0 Å². The lowest BCUT2D eigenvalue weighted by Crippen LogP contribution is -2.51. The van der Waals surface area contributed by atoms with Gasteiger partial charge in [-0.3, -0.25) is 9.69 Å². The zero-order valence-electron chi connectivity index (χ0n) is 15.2. The van der Waals surface area contributed by atoms with Gasteiger partial charge in [0.25, 0.3) is 0 Å². The van der Waals surface area contributed by atoms with Gasteiger partial charge in [0.05, 0.1) is 6.54 Å². The summed E-state index contributed by atoms with van der Waals surface area (Å²) in [7, 11) is 0. The molecule has 1 unspecified atom stereocenters. The third-order valence-electron chi connectivity index (χ3n) is 5.33. The molecule has 1 fully saturated rings. The van der Waals surface area contributed by atoms with Crippen LogP contribution < -0.4 is 9.80 Å². The molecule has 2 aliphatic heterocycles. The van der Waals surface area contributed by atoms with Crippen LogP contribution in [0, 0.1) is 0 Å². The molecule has 4 nitrogen and oxygen atoms in total. The Morgan fingerprint density at radius 3 is 2.35 bits per heavy atom. The highest BCUT2D eigenvalue weighted by Gasteiger charge is 2.31. The molecule has 2 heterocycles. The summed E-state index contributed by atoms with van der Waals surface area (Å²) in [5.41, 5.74) is 3.66. The molecular weight excluding hydrogens is 346 g/mol. The van der Waals surface area contributed by atoms with Crippen molar-refractivity contribution in [2.24, 2.45) is 0 Å². The van der Waals surface area contributed by atoms with Crippen LogP contribution in [-0.2, 0) is 11.2 Å². The monoisotopic (exact) mass is 371 g/mol. The highest BCUT2D eigenvalue weighted by Crippen LogP contribution is 2.31. The minimum Gasteiger partial charge on any atom is -0.369 e. The maximum absolute atomic E-state index is 12.9. The van der Waals surface area contributed by atoms with E-state index in [0.29, 0.717) is 6.54 Å². The summed E-state index contributed by atoms with van der Waals surface area (Å²) in [6.45, 7) is 6.48. The molecule has 1 atom stereocenters. The lowest BCUT2D eigenvalue weighted by atomic mass is 10.1. The summed E-state index contributed by atoms with van der Waals surface area (Å²) in [5, 5.41) is 0. The molecule has 26 heavy (non-hydrogen) atoms. The first-order valence-electron chi connectivity index (χ1n) is 9.15. The van der Waals surface area contributed by atoms with Crippen LogP contribution in [0.4, 0.5) is 11.4 Å². The first-order chi connectivity index (χ1) is 12.2. The SMILES string of the molecule is CC1Cc2ccccc2N1C(=O)CN1CCN(c2ccccc2)CC1.Cl. The molecule has 1 saturated heterocycles. The van der Waals surface area contributed by atoms with Crippen LogP contribution in [0.1, 0.15) is 12.5 Å². The summed E-state index contributed by atoms with van der Waals surface area (Å²) in [6.07, 6.45) is 0.962. The van der Waals surface area contributed by atoms with Crippen molar-refractivity contribution < 1.29 is 4.79 Å². The van der Waals surface area contributed by atoms with Crippen molar-refractivity contribution in [2.75, 3.05) is 42.5 Å². The van der Waals surface area contributed by atoms with Crippen LogP contribution in [-0.4, -0.2) is 49.6 Å². The molecule has 0 spiro atoms. The Balaban J connectivity index is 0.00000196. The van der Waals surface area contributed by atoms with Crippen molar-refractivity contribution >= 4 is 29.7 Å². The number of para-hydroxylation sites is 2. The summed E-state index contributed by atoms with van der Waals surface area (Å²) >= 11 is 0. The number of halogens is 1. The van der Waals surface area contributed by atoms with Gasteiger partial charge in [-0.15, -0.1) is 12.4 Å². The van der Waals surface area contributed by atoms with Gasteiger partial charge in [0.2, 0.25) is 5.91 Å². The fraction of sp³-hybridized carbons (Fsp3) is 0.381. The van der Waals surface area contributed by atoms with Gasteiger partial charge < -0.3 is 9.80 Å². The molecule has 4 rings (SSSR count). The molecule has 0 radical (unpaired) electrons. The summed E-state index contributed by atoms with van der Waals surface area (Å²) in [4.78, 5) is 19.6. The molecule has 5 heteroatoms. The van der Waals surface area contributed by atoms with Gasteiger partial charge in [-0.05, 0) is 37.1 Å². The molecule has 0 aromatic heterocycles. The minimum absolute atomic E-state index is 0. The Hall–Kier alpha value is -2.04. The lowest BCUT2D eigenvalue weighted by Gasteiger charge is -2.36. The van der Waals surface area contributed by atoms with Crippen LogP contribution in [0.5, 0.6) is 0 Å². The predicted molar refractivity (Wildman–Crippen MR) is 109 cm³/mol. The Bertz CT molecular complexity index is 744. The summed E-state index contributed by atoms with van der Waals surface area (Å²) in [5.74, 6) is 0.227. The molecule has 1 amide bonds. The first kappa shape index (κ1) is 18.7. The molecule has 2 aromatic carbocycles. The van der Waals surface area contributed by atoms with Gasteiger partial charge in [-0.1, -0.05) is 36.4 Å². The van der Waals surface area contributed by atoms with E-state index >= 15 is 0 Å². The maximum atomic E-state index is 12.9. The number of piperazine rings is 1. The normalized spacial score (nSPS) is 19.8. The van der Waals surface area contributed by atoms with Gasteiger partial charge >= 0.3 is 0 Å². The largest absolute Gasteiger partial charge is 0.369 e. The van der Waals surface area contributed by atoms with E-state index in [2.05, 4.69) is 59.2 Å². The number of hydrogen-bond acceptors (Lipinski definition) is 3. The molecule has 0 N–H and O–H groups in total. The van der Waals surface area contributed by atoms with E-state index in [1.807, 2.05) is 17.0 Å². The smallest absolute Gasteiger partial charge is 0.241 e. The van der Waals surface area contributed by atoms with E-state index in [1.54, 1.807) is 0 Å². The van der Waals surface area contributed by atoms with Crippen molar-refractivity contribution in [1.82, 2.24) is 4.90 Å². The standard InChI is InChI=1S/C21H25N3O.ClH/c1-17-15-18-7-5-6-10-20(18)24(17)21(25)16-22-11-13-23(14-12-22)19-8-3-2-4-9-19;/h2-10,17H,11-16H2,1H3;1H. The predicted octanol–water partition coefficient (Wildman–Crippen LogP) is 3.21. The van der Waals surface area contributed by atoms with Gasteiger partial charge in [0.1, 0.15) is 0 Å². The molecule has 2 aromatic rings. The van der Waals surface area contributed by atoms with E-state index in [0.717, 1.165) is 38.3 Å². The van der Waals surface area contributed by atoms with E-state index in [-0.39, 0.29) is 24.4 Å². The van der Waals surface area contributed by atoms with Crippen LogP contribution in [0.2, 0.25) is 0 Å². The maximum Gasteiger partial charge on any atom is 0.241 e. The zero-order chi connectivity index (χ0) is 17.2. The van der Waals surface area contributed by atoms with Gasteiger partial charge in [0.15, 0.2) is 0 Å². The van der Waals surface area contributed by atoms with Crippen molar-refractivity contribution in [3.05, 3.63) is 60.2 Å².